The highest BCUT2D eigenvalue weighted by molar-refractivity contribution is 5.68. The van der Waals surface area contributed by atoms with E-state index in [0.29, 0.717) is 19.7 Å². The van der Waals surface area contributed by atoms with E-state index in [9.17, 15) is 4.79 Å². The van der Waals surface area contributed by atoms with Crippen molar-refractivity contribution in [3.8, 4) is 0 Å². The van der Waals surface area contributed by atoms with Crippen molar-refractivity contribution in [1.82, 2.24) is 4.90 Å². The molecule has 116 valence electrons. The minimum absolute atomic E-state index is 0.156. The summed E-state index contributed by atoms with van der Waals surface area (Å²) < 4.78 is 11.4. The average Bonchev–Trinajstić information content (AvgIpc) is 2.34. The standard InChI is InChI=1S/C16H29NO3/c1-7-13(2)12-19-16(6)8-10-17(11-9-16)14(18)20-15(3,4)5/h2,7-12H2,1,3-6H3. The smallest absolute Gasteiger partial charge is 0.410 e. The average molecular weight is 283 g/mol. The summed E-state index contributed by atoms with van der Waals surface area (Å²) in [6, 6.07) is 0. The summed E-state index contributed by atoms with van der Waals surface area (Å²) in [4.78, 5) is 13.8. The Hall–Kier alpha value is -1.03. The molecule has 1 saturated heterocycles. The Morgan fingerprint density at radius 3 is 2.30 bits per heavy atom. The lowest BCUT2D eigenvalue weighted by atomic mass is 9.93. The van der Waals surface area contributed by atoms with Gasteiger partial charge in [-0.25, -0.2) is 4.79 Å². The highest BCUT2D eigenvalue weighted by Gasteiger charge is 2.34. The van der Waals surface area contributed by atoms with E-state index in [4.69, 9.17) is 9.47 Å². The fourth-order valence-corrected chi connectivity index (χ4v) is 2.01. The molecule has 0 spiro atoms. The molecule has 20 heavy (non-hydrogen) atoms. The van der Waals surface area contributed by atoms with E-state index >= 15 is 0 Å². The van der Waals surface area contributed by atoms with Gasteiger partial charge in [0.25, 0.3) is 0 Å². The van der Waals surface area contributed by atoms with Crippen molar-refractivity contribution in [2.24, 2.45) is 0 Å². The summed E-state index contributed by atoms with van der Waals surface area (Å²) in [7, 11) is 0. The molecular formula is C16H29NO3. The van der Waals surface area contributed by atoms with Crippen LogP contribution in [0.25, 0.3) is 0 Å². The van der Waals surface area contributed by atoms with E-state index in [1.807, 2.05) is 20.8 Å². The Morgan fingerprint density at radius 2 is 1.85 bits per heavy atom. The maximum atomic E-state index is 12.0. The molecule has 0 N–H and O–H groups in total. The number of nitrogens with zero attached hydrogens (tertiary/aromatic N) is 1. The lowest BCUT2D eigenvalue weighted by Gasteiger charge is -2.39. The van der Waals surface area contributed by atoms with Gasteiger partial charge in [-0.3, -0.25) is 0 Å². The second-order valence-corrected chi connectivity index (χ2v) is 6.81. The zero-order valence-corrected chi connectivity index (χ0v) is 13.6. The van der Waals surface area contributed by atoms with Gasteiger partial charge in [0.15, 0.2) is 0 Å². The van der Waals surface area contributed by atoms with Gasteiger partial charge in [-0.2, -0.15) is 0 Å². The summed E-state index contributed by atoms with van der Waals surface area (Å²) >= 11 is 0. The van der Waals surface area contributed by atoms with Crippen molar-refractivity contribution in [3.05, 3.63) is 12.2 Å². The van der Waals surface area contributed by atoms with Gasteiger partial charge < -0.3 is 14.4 Å². The quantitative estimate of drug-likeness (QED) is 0.737. The number of likely N-dealkylation sites (tertiary alicyclic amines) is 1. The molecule has 1 aliphatic heterocycles. The van der Waals surface area contributed by atoms with E-state index < -0.39 is 5.60 Å². The number of rotatable bonds is 4. The lowest BCUT2D eigenvalue weighted by molar-refractivity contribution is -0.0644. The highest BCUT2D eigenvalue weighted by atomic mass is 16.6. The third-order valence-electron chi connectivity index (χ3n) is 3.60. The zero-order chi connectivity index (χ0) is 15.4. The van der Waals surface area contributed by atoms with Gasteiger partial charge in [0.1, 0.15) is 5.60 Å². The number of carbonyl (C=O) groups excluding carboxylic acids is 1. The first-order valence-electron chi connectivity index (χ1n) is 7.44. The molecule has 1 fully saturated rings. The Kier molecular flexibility index (Phi) is 5.63. The summed E-state index contributed by atoms with van der Waals surface area (Å²) in [5, 5.41) is 0. The van der Waals surface area contributed by atoms with Crippen LogP contribution in [0.15, 0.2) is 12.2 Å². The summed E-state index contributed by atoms with van der Waals surface area (Å²) in [5.74, 6) is 0. The first-order valence-corrected chi connectivity index (χ1v) is 7.44. The topological polar surface area (TPSA) is 38.8 Å². The normalized spacial score (nSPS) is 18.8. The fraction of sp³-hybridized carbons (Fsp3) is 0.812. The first kappa shape index (κ1) is 17.0. The molecule has 0 radical (unpaired) electrons. The van der Waals surface area contributed by atoms with Gasteiger partial charge >= 0.3 is 6.09 Å². The number of hydrogen-bond donors (Lipinski definition) is 0. The Morgan fingerprint density at radius 1 is 1.30 bits per heavy atom. The SMILES string of the molecule is C=C(CC)COC1(C)CCN(C(=O)OC(C)(C)C)CC1. The van der Waals surface area contributed by atoms with Crippen LogP contribution >= 0.6 is 0 Å². The van der Waals surface area contributed by atoms with Gasteiger partial charge in [-0.1, -0.05) is 19.1 Å². The number of piperidine rings is 1. The van der Waals surface area contributed by atoms with Crippen molar-refractivity contribution in [1.29, 1.82) is 0 Å². The van der Waals surface area contributed by atoms with Crippen LogP contribution in [0.3, 0.4) is 0 Å². The summed E-state index contributed by atoms with van der Waals surface area (Å²) in [5.41, 5.74) is 0.518. The van der Waals surface area contributed by atoms with Crippen LogP contribution in [0.4, 0.5) is 4.79 Å². The second kappa shape index (κ2) is 6.61. The van der Waals surface area contributed by atoms with Crippen molar-refractivity contribution in [2.45, 2.75) is 65.1 Å². The van der Waals surface area contributed by atoms with E-state index in [1.165, 1.54) is 0 Å². The van der Waals surface area contributed by atoms with Gasteiger partial charge in [0.2, 0.25) is 0 Å². The first-order chi connectivity index (χ1) is 9.15. The Labute approximate surface area is 123 Å². The molecule has 0 aliphatic carbocycles. The fourth-order valence-electron chi connectivity index (χ4n) is 2.01. The molecule has 1 amide bonds. The van der Waals surface area contributed by atoms with Crippen LogP contribution in [-0.2, 0) is 9.47 Å². The molecular weight excluding hydrogens is 254 g/mol. The van der Waals surface area contributed by atoms with Crippen molar-refractivity contribution in [2.75, 3.05) is 19.7 Å². The lowest BCUT2D eigenvalue weighted by Crippen LogP contribution is -2.48. The molecule has 0 aromatic heterocycles. The minimum Gasteiger partial charge on any atom is -0.444 e. The van der Waals surface area contributed by atoms with Crippen LogP contribution in [0.5, 0.6) is 0 Å². The van der Waals surface area contributed by atoms with E-state index in [2.05, 4.69) is 20.4 Å². The molecule has 4 heteroatoms. The van der Waals surface area contributed by atoms with Crippen LogP contribution in [-0.4, -0.2) is 41.9 Å². The molecule has 0 aromatic rings. The largest absolute Gasteiger partial charge is 0.444 e. The predicted octanol–water partition coefficient (Wildman–Crippen LogP) is 3.76. The number of hydrogen-bond acceptors (Lipinski definition) is 3. The minimum atomic E-state index is -0.437. The maximum Gasteiger partial charge on any atom is 0.410 e. The zero-order valence-electron chi connectivity index (χ0n) is 13.6. The Balaban J connectivity index is 2.42. The van der Waals surface area contributed by atoms with Gasteiger partial charge in [0, 0.05) is 13.1 Å². The number of amides is 1. The summed E-state index contributed by atoms with van der Waals surface area (Å²) in [6.07, 6.45) is 2.39. The van der Waals surface area contributed by atoms with Gasteiger partial charge in [0.05, 0.1) is 12.2 Å². The number of carbonyl (C=O) groups is 1. The third kappa shape index (κ3) is 5.53. The molecule has 0 atom stereocenters. The molecule has 0 bridgehead atoms. The van der Waals surface area contributed by atoms with E-state index in [-0.39, 0.29) is 11.7 Å². The molecule has 0 aromatic carbocycles. The predicted molar refractivity (Wildman–Crippen MR) is 80.8 cm³/mol. The maximum absolute atomic E-state index is 12.0. The summed E-state index contributed by atoms with van der Waals surface area (Å²) in [6.45, 7) is 15.8. The van der Waals surface area contributed by atoms with Crippen LogP contribution in [0.1, 0.15) is 53.9 Å². The van der Waals surface area contributed by atoms with Gasteiger partial charge in [-0.05, 0) is 47.0 Å². The molecule has 1 rings (SSSR count). The molecule has 1 aliphatic rings. The van der Waals surface area contributed by atoms with Crippen molar-refractivity contribution >= 4 is 6.09 Å². The molecule has 1 heterocycles. The Bertz CT molecular complexity index is 349. The molecule has 0 unspecified atom stereocenters. The van der Waals surface area contributed by atoms with Crippen LogP contribution < -0.4 is 0 Å². The third-order valence-corrected chi connectivity index (χ3v) is 3.60. The molecule has 0 saturated carbocycles. The highest BCUT2D eigenvalue weighted by Crippen LogP contribution is 2.27. The van der Waals surface area contributed by atoms with Gasteiger partial charge in [-0.15, -0.1) is 0 Å². The van der Waals surface area contributed by atoms with E-state index in [1.54, 1.807) is 4.90 Å². The molecule has 4 nitrogen and oxygen atoms in total. The second-order valence-electron chi connectivity index (χ2n) is 6.81. The van der Waals surface area contributed by atoms with Crippen molar-refractivity contribution < 1.29 is 14.3 Å². The monoisotopic (exact) mass is 283 g/mol. The number of ether oxygens (including phenoxy) is 2. The van der Waals surface area contributed by atoms with Crippen molar-refractivity contribution in [3.63, 3.8) is 0 Å². The van der Waals surface area contributed by atoms with Crippen LogP contribution in [0.2, 0.25) is 0 Å². The van der Waals surface area contributed by atoms with E-state index in [0.717, 1.165) is 24.8 Å². The van der Waals surface area contributed by atoms with Crippen LogP contribution in [0, 0.1) is 0 Å².